The Bertz CT molecular complexity index is 295. The highest BCUT2D eigenvalue weighted by molar-refractivity contribution is 5.22. The van der Waals surface area contributed by atoms with E-state index in [9.17, 15) is 20.4 Å². The first-order valence-electron chi connectivity index (χ1n) is 6.20. The monoisotopic (exact) mass is 246 g/mol. The van der Waals surface area contributed by atoms with Crippen molar-refractivity contribution in [1.29, 1.82) is 0 Å². The predicted octanol–water partition coefficient (Wildman–Crippen LogP) is -0.879. The van der Waals surface area contributed by atoms with Crippen molar-refractivity contribution in [1.82, 2.24) is 0 Å². The second-order valence-electron chi connectivity index (χ2n) is 5.79. The van der Waals surface area contributed by atoms with Crippen molar-refractivity contribution in [2.24, 2.45) is 17.8 Å². The van der Waals surface area contributed by atoms with Crippen molar-refractivity contribution >= 4 is 0 Å². The zero-order valence-electron chi connectivity index (χ0n) is 10.4. The molecule has 2 aliphatic rings. The number of aliphatic hydroxyl groups is 4. The van der Waals surface area contributed by atoms with E-state index in [4.69, 9.17) is 4.74 Å². The minimum absolute atomic E-state index is 0.165. The van der Waals surface area contributed by atoms with E-state index in [1.165, 1.54) is 0 Å². The van der Waals surface area contributed by atoms with E-state index in [-0.39, 0.29) is 18.4 Å². The molecule has 0 spiro atoms. The lowest BCUT2D eigenvalue weighted by molar-refractivity contribution is -0.110. The van der Waals surface area contributed by atoms with Crippen LogP contribution in [-0.4, -0.2) is 57.0 Å². The zero-order chi connectivity index (χ0) is 13.0. The van der Waals surface area contributed by atoms with Crippen LogP contribution in [0.4, 0.5) is 0 Å². The smallest absolute Gasteiger partial charge is 0.150 e. The summed E-state index contributed by atoms with van der Waals surface area (Å²) >= 11 is 0. The summed E-state index contributed by atoms with van der Waals surface area (Å²) < 4.78 is 5.40. The van der Waals surface area contributed by atoms with E-state index < -0.39 is 30.0 Å². The summed E-state index contributed by atoms with van der Waals surface area (Å²) in [6, 6.07) is 0. The molecular formula is C12H22O5. The van der Waals surface area contributed by atoms with Crippen molar-refractivity contribution in [2.45, 2.75) is 50.8 Å². The molecule has 0 aromatic rings. The third kappa shape index (κ3) is 1.81. The van der Waals surface area contributed by atoms with E-state index in [1.807, 2.05) is 20.8 Å². The first-order chi connectivity index (χ1) is 7.81. The van der Waals surface area contributed by atoms with E-state index in [1.54, 1.807) is 0 Å². The second-order valence-corrected chi connectivity index (χ2v) is 5.79. The van der Waals surface area contributed by atoms with Crippen LogP contribution < -0.4 is 0 Å². The maximum Gasteiger partial charge on any atom is 0.150 e. The van der Waals surface area contributed by atoms with Gasteiger partial charge in [0, 0.05) is 5.92 Å². The molecule has 0 aromatic carbocycles. The highest BCUT2D eigenvalue weighted by Crippen LogP contribution is 2.47. The van der Waals surface area contributed by atoms with Gasteiger partial charge in [0.25, 0.3) is 0 Å². The molecule has 5 heteroatoms. The Labute approximate surface area is 101 Å². The number of fused-ring (bicyclic) bond motifs is 1. The maximum atomic E-state index is 10.1. The van der Waals surface area contributed by atoms with Gasteiger partial charge in [-0.25, -0.2) is 0 Å². The van der Waals surface area contributed by atoms with E-state index in [0.717, 1.165) is 0 Å². The first-order valence-corrected chi connectivity index (χ1v) is 6.20. The minimum atomic E-state index is -1.69. The summed E-state index contributed by atoms with van der Waals surface area (Å²) in [5, 5.41) is 39.6. The van der Waals surface area contributed by atoms with Crippen LogP contribution in [-0.2, 0) is 4.74 Å². The maximum absolute atomic E-state index is 10.1. The fraction of sp³-hybridized carbons (Fsp3) is 1.00. The van der Waals surface area contributed by atoms with E-state index >= 15 is 0 Å². The molecule has 2 rings (SSSR count). The van der Waals surface area contributed by atoms with Crippen molar-refractivity contribution in [3.8, 4) is 0 Å². The Balaban J connectivity index is 2.15. The molecule has 0 bridgehead atoms. The van der Waals surface area contributed by atoms with Gasteiger partial charge in [-0.05, 0) is 11.8 Å². The van der Waals surface area contributed by atoms with Gasteiger partial charge in [0.05, 0.1) is 12.7 Å². The van der Waals surface area contributed by atoms with Gasteiger partial charge in [-0.2, -0.15) is 0 Å². The Hall–Kier alpha value is -0.200. The zero-order valence-corrected chi connectivity index (χ0v) is 10.4. The third-order valence-electron chi connectivity index (χ3n) is 4.54. The lowest BCUT2D eigenvalue weighted by Crippen LogP contribution is -2.47. The Morgan fingerprint density at radius 2 is 1.71 bits per heavy atom. The quantitative estimate of drug-likeness (QED) is 0.508. The van der Waals surface area contributed by atoms with Crippen molar-refractivity contribution < 1.29 is 25.2 Å². The molecule has 1 saturated carbocycles. The largest absolute Gasteiger partial charge is 0.390 e. The van der Waals surface area contributed by atoms with E-state index in [0.29, 0.717) is 5.92 Å². The summed E-state index contributed by atoms with van der Waals surface area (Å²) in [4.78, 5) is 0. The van der Waals surface area contributed by atoms with Gasteiger partial charge in [-0.3, -0.25) is 0 Å². The van der Waals surface area contributed by atoms with Gasteiger partial charge in [0.15, 0.2) is 0 Å². The Kier molecular flexibility index (Phi) is 3.25. The lowest BCUT2D eigenvalue weighted by Gasteiger charge is -2.32. The van der Waals surface area contributed by atoms with Crippen molar-refractivity contribution in [3.63, 3.8) is 0 Å². The van der Waals surface area contributed by atoms with Crippen LogP contribution in [0.3, 0.4) is 0 Å². The van der Waals surface area contributed by atoms with Crippen LogP contribution in [0.5, 0.6) is 0 Å². The summed E-state index contributed by atoms with van der Waals surface area (Å²) in [5.74, 6) is 0.284. The van der Waals surface area contributed by atoms with Crippen LogP contribution in [0.15, 0.2) is 0 Å². The molecule has 7 atom stereocenters. The molecule has 1 heterocycles. The molecule has 0 amide bonds. The van der Waals surface area contributed by atoms with Gasteiger partial charge in [0.2, 0.25) is 0 Å². The number of ether oxygens (including phenoxy) is 1. The molecule has 1 aliphatic heterocycles. The number of rotatable bonds is 2. The average molecular weight is 246 g/mol. The standard InChI is InChI=1S/C12H22O5/c1-5(2)6(3)7-4-17-11-10(15)12(11,16)9(14)8(7)13/h5-11,13-16H,4H2,1-3H3. The molecule has 1 aliphatic carbocycles. The number of hydrogen-bond donors (Lipinski definition) is 4. The minimum Gasteiger partial charge on any atom is -0.390 e. The number of aliphatic hydroxyl groups excluding tert-OH is 3. The number of hydrogen-bond acceptors (Lipinski definition) is 5. The van der Waals surface area contributed by atoms with Crippen molar-refractivity contribution in [2.75, 3.05) is 6.61 Å². The topological polar surface area (TPSA) is 90.2 Å². The molecule has 5 nitrogen and oxygen atoms in total. The molecule has 0 aromatic heterocycles. The first kappa shape index (κ1) is 13.2. The fourth-order valence-electron chi connectivity index (χ4n) is 2.69. The molecule has 0 radical (unpaired) electrons. The SMILES string of the molecule is CC(C)C(C)C1COC2C(O)C2(O)C(O)C1O. The van der Waals surface area contributed by atoms with Gasteiger partial charge in [0.1, 0.15) is 23.9 Å². The average Bonchev–Trinajstić information content (AvgIpc) is 2.83. The highest BCUT2D eigenvalue weighted by atomic mass is 16.6. The molecule has 2 fully saturated rings. The predicted molar refractivity (Wildman–Crippen MR) is 60.2 cm³/mol. The van der Waals surface area contributed by atoms with Crippen molar-refractivity contribution in [3.05, 3.63) is 0 Å². The van der Waals surface area contributed by atoms with Gasteiger partial charge < -0.3 is 25.2 Å². The summed E-state index contributed by atoms with van der Waals surface area (Å²) in [5.41, 5.74) is -1.69. The summed E-state index contributed by atoms with van der Waals surface area (Å²) in [7, 11) is 0. The fourth-order valence-corrected chi connectivity index (χ4v) is 2.69. The summed E-state index contributed by atoms with van der Waals surface area (Å²) in [6.45, 7) is 6.32. The second kappa shape index (κ2) is 4.17. The highest BCUT2D eigenvalue weighted by Gasteiger charge is 2.72. The third-order valence-corrected chi connectivity index (χ3v) is 4.54. The molecule has 7 unspecified atom stereocenters. The van der Waals surface area contributed by atoms with E-state index in [2.05, 4.69) is 0 Å². The normalized spacial score (nSPS) is 51.9. The van der Waals surface area contributed by atoms with Crippen LogP contribution in [0.1, 0.15) is 20.8 Å². The Morgan fingerprint density at radius 1 is 1.12 bits per heavy atom. The van der Waals surface area contributed by atoms with Crippen LogP contribution in [0.2, 0.25) is 0 Å². The van der Waals surface area contributed by atoms with Crippen LogP contribution in [0, 0.1) is 17.8 Å². The van der Waals surface area contributed by atoms with Gasteiger partial charge >= 0.3 is 0 Å². The van der Waals surface area contributed by atoms with Crippen LogP contribution >= 0.6 is 0 Å². The van der Waals surface area contributed by atoms with Crippen LogP contribution in [0.25, 0.3) is 0 Å². The van der Waals surface area contributed by atoms with Gasteiger partial charge in [-0.15, -0.1) is 0 Å². The molecule has 1 saturated heterocycles. The lowest BCUT2D eigenvalue weighted by atomic mass is 9.79. The molecule has 4 N–H and O–H groups in total. The van der Waals surface area contributed by atoms with Gasteiger partial charge in [-0.1, -0.05) is 20.8 Å². The summed E-state index contributed by atoms with van der Waals surface area (Å²) in [6.07, 6.45) is -4.28. The molecular weight excluding hydrogens is 224 g/mol. The molecule has 17 heavy (non-hydrogen) atoms. The molecule has 100 valence electrons. The Morgan fingerprint density at radius 3 is 2.24 bits per heavy atom.